The van der Waals surface area contributed by atoms with Crippen molar-refractivity contribution in [2.24, 2.45) is 4.99 Å². The summed E-state index contributed by atoms with van der Waals surface area (Å²) in [6, 6.07) is 12.8. The van der Waals surface area contributed by atoms with Crippen molar-refractivity contribution >= 4 is 27.4 Å². The highest BCUT2D eigenvalue weighted by Crippen LogP contribution is 2.15. The quantitative estimate of drug-likeness (QED) is 0.601. The number of nitrogens with zero attached hydrogens (tertiary/aromatic N) is 2. The summed E-state index contributed by atoms with van der Waals surface area (Å²) in [5.74, 6) is -0.443. The van der Waals surface area contributed by atoms with Crippen LogP contribution in [-0.2, 0) is 16.4 Å². The van der Waals surface area contributed by atoms with Crippen molar-refractivity contribution in [2.45, 2.75) is 11.4 Å². The molecule has 140 valence electrons. The zero-order valence-corrected chi connectivity index (χ0v) is 16.2. The van der Waals surface area contributed by atoms with E-state index in [1.54, 1.807) is 13.1 Å². The van der Waals surface area contributed by atoms with Crippen molar-refractivity contribution in [3.63, 3.8) is 0 Å². The monoisotopic (exact) mass is 397 g/mol. The van der Waals surface area contributed by atoms with Gasteiger partial charge >= 0.3 is 0 Å². The SMILES string of the molecule is CN=C(NCCS(=O)(=O)c1ccccc1F)N(C)Cc1cccc(Cl)c1. The lowest BCUT2D eigenvalue weighted by Gasteiger charge is -2.22. The molecule has 1 N–H and O–H groups in total. The molecule has 0 heterocycles. The van der Waals surface area contributed by atoms with Crippen LogP contribution in [0.1, 0.15) is 5.56 Å². The van der Waals surface area contributed by atoms with E-state index in [4.69, 9.17) is 11.6 Å². The summed E-state index contributed by atoms with van der Waals surface area (Å²) >= 11 is 5.98. The van der Waals surface area contributed by atoms with E-state index in [0.717, 1.165) is 11.6 Å². The molecule has 5 nitrogen and oxygen atoms in total. The molecular formula is C18H21ClFN3O2S. The third-order valence-corrected chi connectivity index (χ3v) is 5.69. The van der Waals surface area contributed by atoms with E-state index in [1.807, 2.05) is 30.1 Å². The van der Waals surface area contributed by atoms with E-state index in [-0.39, 0.29) is 17.2 Å². The number of rotatable bonds is 6. The molecule has 8 heteroatoms. The Kier molecular flexibility index (Phi) is 6.99. The molecule has 2 aromatic rings. The van der Waals surface area contributed by atoms with E-state index in [1.165, 1.54) is 18.2 Å². The second kappa shape index (κ2) is 9.00. The summed E-state index contributed by atoms with van der Waals surface area (Å²) in [7, 11) is -0.265. The van der Waals surface area contributed by atoms with Crippen LogP contribution < -0.4 is 5.32 Å². The van der Waals surface area contributed by atoms with Crippen LogP contribution in [0, 0.1) is 5.82 Å². The Hall–Kier alpha value is -2.12. The van der Waals surface area contributed by atoms with Crippen LogP contribution in [0.2, 0.25) is 5.02 Å². The molecule has 0 saturated carbocycles. The number of halogens is 2. The lowest BCUT2D eigenvalue weighted by Crippen LogP contribution is -2.40. The fraction of sp³-hybridized carbons (Fsp3) is 0.278. The predicted molar refractivity (Wildman–Crippen MR) is 103 cm³/mol. The standard InChI is InChI=1S/C18H21ClFN3O2S/c1-21-18(23(2)13-14-6-5-7-15(19)12-14)22-10-11-26(24,25)17-9-4-3-8-16(17)20/h3-9,12H,10-11,13H2,1-2H3,(H,21,22). The molecule has 0 aliphatic rings. The minimum absolute atomic E-state index is 0.114. The molecule has 0 aliphatic carbocycles. The second-order valence-electron chi connectivity index (χ2n) is 5.71. The zero-order valence-electron chi connectivity index (χ0n) is 14.6. The van der Waals surface area contributed by atoms with Gasteiger partial charge in [-0.1, -0.05) is 35.9 Å². The Morgan fingerprint density at radius 3 is 2.62 bits per heavy atom. The van der Waals surface area contributed by atoms with Gasteiger partial charge < -0.3 is 10.2 Å². The molecular weight excluding hydrogens is 377 g/mol. The molecule has 0 spiro atoms. The average Bonchev–Trinajstić information content (AvgIpc) is 2.59. The van der Waals surface area contributed by atoms with E-state index >= 15 is 0 Å². The Balaban J connectivity index is 1.95. The number of hydrogen-bond donors (Lipinski definition) is 1. The van der Waals surface area contributed by atoms with Gasteiger partial charge in [0.2, 0.25) is 0 Å². The second-order valence-corrected chi connectivity index (χ2v) is 8.22. The summed E-state index contributed by atoms with van der Waals surface area (Å²) in [4.78, 5) is 5.71. The van der Waals surface area contributed by atoms with Gasteiger partial charge in [-0.3, -0.25) is 4.99 Å². The van der Waals surface area contributed by atoms with Gasteiger partial charge in [0, 0.05) is 32.2 Å². The first-order valence-electron chi connectivity index (χ1n) is 7.97. The van der Waals surface area contributed by atoms with Crippen molar-refractivity contribution < 1.29 is 12.8 Å². The molecule has 0 fully saturated rings. The minimum Gasteiger partial charge on any atom is -0.355 e. The Morgan fingerprint density at radius 2 is 1.96 bits per heavy atom. The molecule has 0 amide bonds. The summed E-state index contributed by atoms with van der Waals surface area (Å²) < 4.78 is 38.2. The minimum atomic E-state index is -3.71. The van der Waals surface area contributed by atoms with E-state index in [2.05, 4.69) is 10.3 Å². The zero-order chi connectivity index (χ0) is 19.2. The molecule has 0 aromatic heterocycles. The smallest absolute Gasteiger partial charge is 0.193 e. The number of nitrogens with one attached hydrogen (secondary N) is 1. The summed E-state index contributed by atoms with van der Waals surface area (Å²) in [5, 5.41) is 3.64. The largest absolute Gasteiger partial charge is 0.355 e. The van der Waals surface area contributed by atoms with Crippen LogP contribution in [0.5, 0.6) is 0 Å². The predicted octanol–water partition coefficient (Wildman–Crippen LogP) is 2.96. The van der Waals surface area contributed by atoms with Gasteiger partial charge in [-0.15, -0.1) is 0 Å². The summed E-state index contributed by atoms with van der Waals surface area (Å²) in [6.45, 7) is 0.670. The van der Waals surface area contributed by atoms with Crippen LogP contribution >= 0.6 is 11.6 Å². The molecule has 2 aromatic carbocycles. The van der Waals surface area contributed by atoms with Crippen LogP contribution in [0.25, 0.3) is 0 Å². The highest BCUT2D eigenvalue weighted by Gasteiger charge is 2.18. The lowest BCUT2D eigenvalue weighted by atomic mass is 10.2. The Morgan fingerprint density at radius 1 is 1.23 bits per heavy atom. The number of benzene rings is 2. The van der Waals surface area contributed by atoms with E-state index in [9.17, 15) is 12.8 Å². The maximum atomic E-state index is 13.7. The summed E-state index contributed by atoms with van der Waals surface area (Å²) in [6.07, 6.45) is 0. The maximum absolute atomic E-state index is 13.7. The van der Waals surface area contributed by atoms with Crippen LogP contribution in [0.15, 0.2) is 58.4 Å². The molecule has 0 saturated heterocycles. The lowest BCUT2D eigenvalue weighted by molar-refractivity contribution is 0.478. The van der Waals surface area contributed by atoms with Crippen molar-refractivity contribution in [2.75, 3.05) is 26.4 Å². The topological polar surface area (TPSA) is 61.8 Å². The third kappa shape index (κ3) is 5.44. The first kappa shape index (κ1) is 20.2. The molecule has 0 atom stereocenters. The van der Waals surface area contributed by atoms with Gasteiger partial charge in [-0.25, -0.2) is 12.8 Å². The van der Waals surface area contributed by atoms with Crippen molar-refractivity contribution in [3.05, 3.63) is 64.9 Å². The van der Waals surface area contributed by atoms with Crippen molar-refractivity contribution in [3.8, 4) is 0 Å². The number of hydrogen-bond acceptors (Lipinski definition) is 3. The highest BCUT2D eigenvalue weighted by molar-refractivity contribution is 7.91. The average molecular weight is 398 g/mol. The number of sulfone groups is 1. The van der Waals surface area contributed by atoms with Gasteiger partial charge in [0.1, 0.15) is 10.7 Å². The molecule has 0 aliphatic heterocycles. The molecule has 26 heavy (non-hydrogen) atoms. The molecule has 2 rings (SSSR count). The van der Waals surface area contributed by atoms with E-state index in [0.29, 0.717) is 17.5 Å². The number of aliphatic imine (C=N–C) groups is 1. The van der Waals surface area contributed by atoms with Crippen LogP contribution in [0.3, 0.4) is 0 Å². The van der Waals surface area contributed by atoms with Gasteiger partial charge in [-0.05, 0) is 29.8 Å². The van der Waals surface area contributed by atoms with Crippen LogP contribution in [-0.4, -0.2) is 45.7 Å². The fourth-order valence-corrected chi connectivity index (χ4v) is 3.93. The van der Waals surface area contributed by atoms with Crippen molar-refractivity contribution in [1.82, 2.24) is 10.2 Å². The van der Waals surface area contributed by atoms with Crippen LogP contribution in [0.4, 0.5) is 4.39 Å². The van der Waals surface area contributed by atoms with Gasteiger partial charge in [-0.2, -0.15) is 0 Å². The van der Waals surface area contributed by atoms with Gasteiger partial charge in [0.15, 0.2) is 15.8 Å². The molecule has 0 radical (unpaired) electrons. The summed E-state index contributed by atoms with van der Waals surface area (Å²) in [5.41, 5.74) is 1.00. The Bertz CT molecular complexity index is 888. The van der Waals surface area contributed by atoms with Gasteiger partial charge in [0.25, 0.3) is 0 Å². The molecule has 0 unspecified atom stereocenters. The number of guanidine groups is 1. The first-order chi connectivity index (χ1) is 12.3. The third-order valence-electron chi connectivity index (χ3n) is 3.71. The highest BCUT2D eigenvalue weighted by atomic mass is 35.5. The molecule has 0 bridgehead atoms. The first-order valence-corrected chi connectivity index (χ1v) is 10.00. The van der Waals surface area contributed by atoms with Gasteiger partial charge in [0.05, 0.1) is 5.75 Å². The normalized spacial score (nSPS) is 12.1. The van der Waals surface area contributed by atoms with E-state index < -0.39 is 15.7 Å². The maximum Gasteiger partial charge on any atom is 0.193 e. The Labute approximate surface area is 158 Å². The fourth-order valence-electron chi connectivity index (χ4n) is 2.47. The van der Waals surface area contributed by atoms with Crippen molar-refractivity contribution in [1.29, 1.82) is 0 Å².